The van der Waals surface area contributed by atoms with E-state index in [4.69, 9.17) is 0 Å². The van der Waals surface area contributed by atoms with Crippen LogP contribution in [-0.2, 0) is 11.3 Å². The summed E-state index contributed by atoms with van der Waals surface area (Å²) in [6.07, 6.45) is 0. The highest BCUT2D eigenvalue weighted by Crippen LogP contribution is 2.14. The molecule has 0 heterocycles. The molecule has 3 N–H and O–H groups in total. The molecule has 0 aliphatic rings. The summed E-state index contributed by atoms with van der Waals surface area (Å²) in [5, 5.41) is 14.9. The molecule has 4 nitrogen and oxygen atoms in total. The zero-order chi connectivity index (χ0) is 13.8. The van der Waals surface area contributed by atoms with Gasteiger partial charge < -0.3 is 15.7 Å². The van der Waals surface area contributed by atoms with Crippen LogP contribution in [0.2, 0.25) is 0 Å². The summed E-state index contributed by atoms with van der Waals surface area (Å²) in [5.74, 6) is -0.736. The number of carbonyl (C=O) groups is 1. The van der Waals surface area contributed by atoms with Gasteiger partial charge in [0.2, 0.25) is 5.91 Å². The summed E-state index contributed by atoms with van der Waals surface area (Å²) in [7, 11) is 0. The maximum absolute atomic E-state index is 13.0. The molecule has 0 saturated heterocycles. The van der Waals surface area contributed by atoms with Crippen molar-refractivity contribution in [2.75, 3.05) is 6.54 Å². The number of nitrogens with one attached hydrogen (secondary N) is 2. The second kappa shape index (κ2) is 5.82. The SMILES string of the molecule is CC(C)(C)NC(=O)CNCc1cc(O)cc(F)c1. The van der Waals surface area contributed by atoms with Gasteiger partial charge in [-0.25, -0.2) is 4.39 Å². The van der Waals surface area contributed by atoms with Gasteiger partial charge in [0.25, 0.3) is 0 Å². The molecule has 0 saturated carbocycles. The molecule has 1 amide bonds. The largest absolute Gasteiger partial charge is 0.508 e. The van der Waals surface area contributed by atoms with Crippen molar-refractivity contribution < 1.29 is 14.3 Å². The van der Waals surface area contributed by atoms with Gasteiger partial charge in [0.1, 0.15) is 11.6 Å². The Bertz CT molecular complexity index is 407. The molecule has 0 aliphatic heterocycles. The first-order valence-electron chi connectivity index (χ1n) is 5.76. The van der Waals surface area contributed by atoms with Crippen LogP contribution in [0.3, 0.4) is 0 Å². The molecule has 0 bridgehead atoms. The normalized spacial score (nSPS) is 11.3. The maximum Gasteiger partial charge on any atom is 0.234 e. The van der Waals surface area contributed by atoms with E-state index in [1.165, 1.54) is 12.1 Å². The number of hydrogen-bond acceptors (Lipinski definition) is 3. The topological polar surface area (TPSA) is 61.4 Å². The van der Waals surface area contributed by atoms with Crippen LogP contribution in [0.4, 0.5) is 4.39 Å². The highest BCUT2D eigenvalue weighted by Gasteiger charge is 2.12. The first-order valence-corrected chi connectivity index (χ1v) is 5.76. The van der Waals surface area contributed by atoms with Gasteiger partial charge in [0.15, 0.2) is 0 Å². The molecule has 0 unspecified atom stereocenters. The lowest BCUT2D eigenvalue weighted by Crippen LogP contribution is -2.44. The fourth-order valence-corrected chi connectivity index (χ4v) is 1.52. The van der Waals surface area contributed by atoms with Crippen LogP contribution < -0.4 is 10.6 Å². The predicted octanol–water partition coefficient (Wildman–Crippen LogP) is 1.54. The van der Waals surface area contributed by atoms with E-state index in [-0.39, 0.29) is 23.7 Å². The van der Waals surface area contributed by atoms with Crippen molar-refractivity contribution in [3.63, 3.8) is 0 Å². The van der Waals surface area contributed by atoms with E-state index in [0.29, 0.717) is 12.1 Å². The molecule has 0 atom stereocenters. The van der Waals surface area contributed by atoms with Crippen molar-refractivity contribution in [2.45, 2.75) is 32.9 Å². The number of phenols is 1. The summed E-state index contributed by atoms with van der Waals surface area (Å²) in [6.45, 7) is 6.16. The predicted molar refractivity (Wildman–Crippen MR) is 67.7 cm³/mol. The molecule has 0 radical (unpaired) electrons. The molecule has 1 rings (SSSR count). The van der Waals surface area contributed by atoms with E-state index in [1.54, 1.807) is 0 Å². The molecule has 0 aromatic heterocycles. The van der Waals surface area contributed by atoms with Crippen molar-refractivity contribution in [2.24, 2.45) is 0 Å². The Morgan fingerprint density at radius 2 is 2.00 bits per heavy atom. The van der Waals surface area contributed by atoms with Gasteiger partial charge in [-0.1, -0.05) is 0 Å². The minimum absolute atomic E-state index is 0.119. The van der Waals surface area contributed by atoms with E-state index in [9.17, 15) is 14.3 Å². The number of carbonyl (C=O) groups excluding carboxylic acids is 1. The number of halogens is 1. The number of benzene rings is 1. The van der Waals surface area contributed by atoms with E-state index in [0.717, 1.165) is 6.07 Å². The third kappa shape index (κ3) is 5.63. The zero-order valence-electron chi connectivity index (χ0n) is 10.9. The number of aromatic hydroxyl groups is 1. The molecule has 5 heteroatoms. The molecule has 1 aromatic rings. The second-order valence-electron chi connectivity index (χ2n) is 5.22. The van der Waals surface area contributed by atoms with Crippen molar-refractivity contribution >= 4 is 5.91 Å². The number of amides is 1. The highest BCUT2D eigenvalue weighted by molar-refractivity contribution is 5.78. The molecule has 0 aliphatic carbocycles. The summed E-state index contributed by atoms with van der Waals surface area (Å²) in [4.78, 5) is 11.5. The van der Waals surface area contributed by atoms with Gasteiger partial charge in [0.05, 0.1) is 6.54 Å². The quantitative estimate of drug-likeness (QED) is 0.763. The molecule has 100 valence electrons. The molecule has 18 heavy (non-hydrogen) atoms. The average Bonchev–Trinajstić information content (AvgIpc) is 2.12. The Balaban J connectivity index is 2.40. The number of rotatable bonds is 4. The van der Waals surface area contributed by atoms with Crippen molar-refractivity contribution in [1.29, 1.82) is 0 Å². The number of hydrogen-bond donors (Lipinski definition) is 3. The molecule has 0 spiro atoms. The van der Waals surface area contributed by atoms with Crippen LogP contribution in [0.1, 0.15) is 26.3 Å². The minimum Gasteiger partial charge on any atom is -0.508 e. The molecular formula is C13H19FN2O2. The van der Waals surface area contributed by atoms with Crippen molar-refractivity contribution in [3.8, 4) is 5.75 Å². The second-order valence-corrected chi connectivity index (χ2v) is 5.22. The zero-order valence-corrected chi connectivity index (χ0v) is 10.9. The molecular weight excluding hydrogens is 235 g/mol. The fraction of sp³-hybridized carbons (Fsp3) is 0.462. The lowest BCUT2D eigenvalue weighted by molar-refractivity contribution is -0.121. The summed E-state index contributed by atoms with van der Waals surface area (Å²) in [6, 6.07) is 3.81. The van der Waals surface area contributed by atoms with Crippen molar-refractivity contribution in [3.05, 3.63) is 29.6 Å². The summed E-state index contributed by atoms with van der Waals surface area (Å²) in [5.41, 5.74) is 0.326. The summed E-state index contributed by atoms with van der Waals surface area (Å²) >= 11 is 0. The summed E-state index contributed by atoms with van der Waals surface area (Å²) < 4.78 is 13.0. The van der Waals surface area contributed by atoms with E-state index in [2.05, 4.69) is 10.6 Å². The first-order chi connectivity index (χ1) is 8.26. The average molecular weight is 254 g/mol. The lowest BCUT2D eigenvalue weighted by atomic mass is 10.1. The number of phenolic OH excluding ortho intramolecular Hbond substituents is 1. The van der Waals surface area contributed by atoms with Crippen LogP contribution in [0.25, 0.3) is 0 Å². The Morgan fingerprint density at radius 1 is 1.33 bits per heavy atom. The standard InChI is InChI=1S/C13H19FN2O2/c1-13(2,3)16-12(18)8-15-7-9-4-10(14)6-11(17)5-9/h4-6,15,17H,7-8H2,1-3H3,(H,16,18). The van der Waals surface area contributed by atoms with Crippen LogP contribution in [0.15, 0.2) is 18.2 Å². The van der Waals surface area contributed by atoms with Crippen LogP contribution >= 0.6 is 0 Å². The van der Waals surface area contributed by atoms with E-state index >= 15 is 0 Å². The fourth-order valence-electron chi connectivity index (χ4n) is 1.52. The van der Waals surface area contributed by atoms with Gasteiger partial charge in [-0.2, -0.15) is 0 Å². The third-order valence-electron chi connectivity index (χ3n) is 2.07. The molecule has 1 aromatic carbocycles. The minimum atomic E-state index is -0.494. The van der Waals surface area contributed by atoms with Crippen LogP contribution in [-0.4, -0.2) is 23.1 Å². The van der Waals surface area contributed by atoms with Gasteiger partial charge in [-0.15, -0.1) is 0 Å². The highest BCUT2D eigenvalue weighted by atomic mass is 19.1. The Morgan fingerprint density at radius 3 is 2.56 bits per heavy atom. The van der Waals surface area contributed by atoms with E-state index < -0.39 is 5.82 Å². The third-order valence-corrected chi connectivity index (χ3v) is 2.07. The van der Waals surface area contributed by atoms with Gasteiger partial charge >= 0.3 is 0 Å². The Kier molecular flexibility index (Phi) is 4.67. The monoisotopic (exact) mass is 254 g/mol. The Hall–Kier alpha value is -1.62. The van der Waals surface area contributed by atoms with Gasteiger partial charge in [-0.05, 0) is 38.5 Å². The van der Waals surface area contributed by atoms with Crippen molar-refractivity contribution in [1.82, 2.24) is 10.6 Å². The van der Waals surface area contributed by atoms with Gasteiger partial charge in [-0.3, -0.25) is 4.79 Å². The van der Waals surface area contributed by atoms with E-state index in [1.807, 2.05) is 20.8 Å². The van der Waals surface area contributed by atoms with Crippen LogP contribution in [0.5, 0.6) is 5.75 Å². The van der Waals surface area contributed by atoms with Gasteiger partial charge in [0, 0.05) is 18.2 Å². The lowest BCUT2D eigenvalue weighted by Gasteiger charge is -2.20. The Labute approximate surface area is 106 Å². The molecule has 0 fully saturated rings. The van der Waals surface area contributed by atoms with Crippen LogP contribution in [0, 0.1) is 5.82 Å². The smallest absolute Gasteiger partial charge is 0.234 e. The maximum atomic E-state index is 13.0. The first kappa shape index (κ1) is 14.4.